The minimum absolute atomic E-state index is 0.00996. The number of nitrogens with zero attached hydrogens (tertiary/aromatic N) is 1. The quantitative estimate of drug-likeness (QED) is 0.0483. The van der Waals surface area contributed by atoms with Crippen molar-refractivity contribution in [2.24, 2.45) is 22.2 Å². The van der Waals surface area contributed by atoms with E-state index in [1.807, 2.05) is 0 Å². The summed E-state index contributed by atoms with van der Waals surface area (Å²) in [6.07, 6.45) is -1.28. The second kappa shape index (κ2) is 17.8. The van der Waals surface area contributed by atoms with Gasteiger partial charge in [-0.2, -0.15) is 0 Å². The predicted molar refractivity (Wildman–Crippen MR) is 145 cm³/mol. The number of nitrogens with two attached hydrogens (primary N) is 3. The molecule has 1 aromatic rings. The Morgan fingerprint density at radius 2 is 1.27 bits per heavy atom. The molecule has 1 rings (SSSR count). The van der Waals surface area contributed by atoms with Crippen LogP contribution in [-0.2, 0) is 35.2 Å². The summed E-state index contributed by atoms with van der Waals surface area (Å²) < 4.78 is 0. The Morgan fingerprint density at radius 3 is 1.83 bits per heavy atom. The molecule has 0 aliphatic heterocycles. The molecule has 0 saturated heterocycles. The highest BCUT2D eigenvalue weighted by molar-refractivity contribution is 5.94. The van der Waals surface area contributed by atoms with Gasteiger partial charge in [-0.15, -0.1) is 0 Å². The molecule has 12 N–H and O–H groups in total. The van der Waals surface area contributed by atoms with Gasteiger partial charge in [-0.05, 0) is 31.2 Å². The van der Waals surface area contributed by atoms with Gasteiger partial charge in [0.2, 0.25) is 17.7 Å². The van der Waals surface area contributed by atoms with Crippen molar-refractivity contribution in [3.8, 4) is 0 Å². The number of carbonyl (C=O) groups excluding carboxylic acids is 3. The van der Waals surface area contributed by atoms with E-state index in [0.717, 1.165) is 0 Å². The predicted octanol–water partition coefficient (Wildman–Crippen LogP) is -2.12. The van der Waals surface area contributed by atoms with Crippen LogP contribution in [0.5, 0.6) is 0 Å². The molecule has 1 aromatic carbocycles. The van der Waals surface area contributed by atoms with Gasteiger partial charge in [-0.3, -0.25) is 29.0 Å². The second-order valence-electron chi connectivity index (χ2n) is 9.13. The van der Waals surface area contributed by atoms with Crippen molar-refractivity contribution in [1.82, 2.24) is 16.0 Å². The highest BCUT2D eigenvalue weighted by Gasteiger charge is 2.30. The average molecular weight is 580 g/mol. The molecule has 4 unspecified atom stereocenters. The zero-order chi connectivity index (χ0) is 30.9. The van der Waals surface area contributed by atoms with E-state index in [9.17, 15) is 33.9 Å². The summed E-state index contributed by atoms with van der Waals surface area (Å²) in [5.74, 6) is -6.52. The van der Waals surface area contributed by atoms with Crippen LogP contribution in [0.3, 0.4) is 0 Å². The molecular weight excluding hydrogens is 542 g/mol. The number of nitrogens with one attached hydrogen (secondary N) is 3. The third kappa shape index (κ3) is 14.3. The van der Waals surface area contributed by atoms with Crippen molar-refractivity contribution < 1.29 is 44.1 Å². The number of carboxylic acid groups (broad SMARTS) is 3. The van der Waals surface area contributed by atoms with Gasteiger partial charge >= 0.3 is 17.9 Å². The first-order chi connectivity index (χ1) is 19.3. The number of guanidine groups is 1. The summed E-state index contributed by atoms with van der Waals surface area (Å²) in [6, 6.07) is 3.19. The van der Waals surface area contributed by atoms with E-state index in [0.29, 0.717) is 5.56 Å². The molecule has 0 heterocycles. The van der Waals surface area contributed by atoms with Gasteiger partial charge in [0.25, 0.3) is 0 Å². The fourth-order valence-electron chi connectivity index (χ4n) is 3.59. The average Bonchev–Trinajstić information content (AvgIpc) is 2.90. The lowest BCUT2D eigenvalue weighted by Crippen LogP contribution is -2.57. The number of aliphatic imine (C=N–C) groups is 1. The Morgan fingerprint density at radius 1 is 0.732 bits per heavy atom. The van der Waals surface area contributed by atoms with E-state index in [1.54, 1.807) is 30.3 Å². The SMILES string of the molecule is NC(N)=NCCCC(NC(=O)C(N)CCC(=O)O)C(=O)NC(Cc1ccccc1)C(=O)NC(CCC(=O)O)C(=O)O. The Hall–Kier alpha value is -4.73. The van der Waals surface area contributed by atoms with Gasteiger partial charge in [0.1, 0.15) is 18.1 Å². The normalized spacial score (nSPS) is 13.5. The van der Waals surface area contributed by atoms with Crippen LogP contribution in [0, 0.1) is 0 Å². The van der Waals surface area contributed by atoms with Gasteiger partial charge in [0.05, 0.1) is 6.04 Å². The van der Waals surface area contributed by atoms with Crippen LogP contribution in [0.25, 0.3) is 0 Å². The fraction of sp³-hybridized carbons (Fsp3) is 0.480. The standard InChI is InChI=1S/C25H37N7O9/c26-15(8-10-19(33)34)21(37)30-16(7-4-12-29-25(27)28)22(38)32-18(13-14-5-2-1-3-6-14)23(39)31-17(24(40)41)9-11-20(35)36/h1-3,5-6,15-18H,4,7-13,26H2,(H,30,37)(H,31,39)(H,32,38)(H,33,34)(H,35,36)(H,40,41)(H4,27,28,29). The summed E-state index contributed by atoms with van der Waals surface area (Å²) in [5, 5.41) is 34.4. The van der Waals surface area contributed by atoms with E-state index in [1.165, 1.54) is 0 Å². The first-order valence-corrected chi connectivity index (χ1v) is 12.7. The van der Waals surface area contributed by atoms with E-state index in [2.05, 4.69) is 20.9 Å². The zero-order valence-electron chi connectivity index (χ0n) is 22.3. The summed E-state index contributed by atoms with van der Waals surface area (Å²) in [7, 11) is 0. The topological polar surface area (TPSA) is 290 Å². The van der Waals surface area contributed by atoms with Gasteiger partial charge in [-0.25, -0.2) is 4.79 Å². The van der Waals surface area contributed by atoms with Crippen LogP contribution in [-0.4, -0.2) is 87.6 Å². The molecule has 226 valence electrons. The van der Waals surface area contributed by atoms with Crippen molar-refractivity contribution in [1.29, 1.82) is 0 Å². The molecule has 3 amide bonds. The van der Waals surface area contributed by atoms with Crippen molar-refractivity contribution in [3.05, 3.63) is 35.9 Å². The molecular formula is C25H37N7O9. The van der Waals surface area contributed by atoms with Crippen LogP contribution in [0.1, 0.15) is 44.1 Å². The number of rotatable bonds is 19. The van der Waals surface area contributed by atoms with Crippen molar-refractivity contribution in [3.63, 3.8) is 0 Å². The van der Waals surface area contributed by atoms with Gasteiger partial charge in [0, 0.05) is 25.8 Å². The summed E-state index contributed by atoms with van der Waals surface area (Å²) in [5.41, 5.74) is 17.0. The molecule has 0 bridgehead atoms. The Bertz CT molecular complexity index is 1090. The van der Waals surface area contributed by atoms with Crippen molar-refractivity contribution in [2.75, 3.05) is 6.54 Å². The molecule has 16 heteroatoms. The van der Waals surface area contributed by atoms with E-state index in [-0.39, 0.29) is 51.0 Å². The minimum Gasteiger partial charge on any atom is -0.481 e. The molecule has 41 heavy (non-hydrogen) atoms. The second-order valence-corrected chi connectivity index (χ2v) is 9.13. The summed E-state index contributed by atoms with van der Waals surface area (Å²) in [6.45, 7) is 0.116. The van der Waals surface area contributed by atoms with Crippen LogP contribution in [0.15, 0.2) is 35.3 Å². The largest absolute Gasteiger partial charge is 0.481 e. The smallest absolute Gasteiger partial charge is 0.326 e. The molecule has 0 radical (unpaired) electrons. The van der Waals surface area contributed by atoms with Crippen LogP contribution >= 0.6 is 0 Å². The molecule has 4 atom stereocenters. The highest BCUT2D eigenvalue weighted by atomic mass is 16.4. The number of carboxylic acids is 3. The summed E-state index contributed by atoms with van der Waals surface area (Å²) in [4.78, 5) is 76.2. The van der Waals surface area contributed by atoms with Gasteiger partial charge in [-0.1, -0.05) is 30.3 Å². The molecule has 0 spiro atoms. The van der Waals surface area contributed by atoms with E-state index in [4.69, 9.17) is 27.4 Å². The Balaban J connectivity index is 3.15. The maximum atomic E-state index is 13.3. The maximum absolute atomic E-state index is 13.3. The monoisotopic (exact) mass is 579 g/mol. The van der Waals surface area contributed by atoms with Crippen LogP contribution < -0.4 is 33.2 Å². The van der Waals surface area contributed by atoms with Gasteiger partial charge < -0.3 is 48.5 Å². The lowest BCUT2D eigenvalue weighted by molar-refractivity contribution is -0.143. The van der Waals surface area contributed by atoms with Crippen LogP contribution in [0.4, 0.5) is 0 Å². The number of aliphatic carboxylic acids is 3. The first-order valence-electron chi connectivity index (χ1n) is 12.7. The summed E-state index contributed by atoms with van der Waals surface area (Å²) >= 11 is 0. The fourth-order valence-corrected chi connectivity index (χ4v) is 3.59. The van der Waals surface area contributed by atoms with Crippen molar-refractivity contribution >= 4 is 41.6 Å². The first kappa shape index (κ1) is 34.3. The zero-order valence-corrected chi connectivity index (χ0v) is 22.3. The van der Waals surface area contributed by atoms with Crippen molar-refractivity contribution in [2.45, 2.75) is 69.1 Å². The van der Waals surface area contributed by atoms with Gasteiger partial charge in [0.15, 0.2) is 5.96 Å². The third-order valence-electron chi connectivity index (χ3n) is 5.76. The minimum atomic E-state index is -1.53. The number of benzene rings is 1. The molecule has 0 aliphatic carbocycles. The molecule has 0 aliphatic rings. The van der Waals surface area contributed by atoms with Crippen LogP contribution in [0.2, 0.25) is 0 Å². The molecule has 0 saturated carbocycles. The number of amides is 3. The maximum Gasteiger partial charge on any atom is 0.326 e. The lowest BCUT2D eigenvalue weighted by Gasteiger charge is -2.25. The highest BCUT2D eigenvalue weighted by Crippen LogP contribution is 2.08. The Labute approximate surface area is 235 Å². The number of carbonyl (C=O) groups is 6. The Kier molecular flexibility index (Phi) is 14.9. The molecule has 16 nitrogen and oxygen atoms in total. The molecule has 0 aromatic heterocycles. The number of hydrogen-bond acceptors (Lipinski definition) is 8. The third-order valence-corrected chi connectivity index (χ3v) is 5.76. The number of hydrogen-bond donors (Lipinski definition) is 9. The van der Waals surface area contributed by atoms with E-state index < -0.39 is 66.2 Å². The lowest BCUT2D eigenvalue weighted by atomic mass is 10.0. The van der Waals surface area contributed by atoms with E-state index >= 15 is 0 Å². The molecule has 0 fully saturated rings.